The number of carbonyl (C=O) groups is 2. The van der Waals surface area contributed by atoms with Crippen molar-refractivity contribution in [3.05, 3.63) is 106 Å². The Bertz CT molecular complexity index is 1920. The molecule has 0 bridgehead atoms. The molecule has 56 heavy (non-hydrogen) atoms. The Balaban J connectivity index is 0.000000172. The number of ether oxygens (including phenoxy) is 5. The van der Waals surface area contributed by atoms with Gasteiger partial charge in [0.25, 0.3) is 0 Å². The SMILES string of the molecule is CCOC(=O)CC1CC1c1ccc(OCCc2ccc3c(n2)NCCOC3)cc1.O=C(O)CC1CC1c1ccc(OCCc2ccc3c(n2)NCCOC3)cc1. The van der Waals surface area contributed by atoms with Crippen LogP contribution in [0.15, 0.2) is 72.8 Å². The van der Waals surface area contributed by atoms with Crippen molar-refractivity contribution in [1.29, 1.82) is 0 Å². The molecule has 0 amide bonds. The largest absolute Gasteiger partial charge is 0.493 e. The van der Waals surface area contributed by atoms with E-state index in [0.717, 1.165) is 84.4 Å². The number of anilines is 2. The summed E-state index contributed by atoms with van der Waals surface area (Å²) in [5.41, 5.74) is 6.67. The minimum atomic E-state index is -0.711. The van der Waals surface area contributed by atoms with Crippen LogP contribution in [0.25, 0.3) is 0 Å². The molecule has 4 atom stereocenters. The normalized spacial score (nSPS) is 20.5. The van der Waals surface area contributed by atoms with Gasteiger partial charge in [0.2, 0.25) is 0 Å². The van der Waals surface area contributed by atoms with Gasteiger partial charge in [0.05, 0.1) is 46.2 Å². The smallest absolute Gasteiger partial charge is 0.306 e. The number of carboxylic acids is 1. The molecule has 4 aliphatic rings. The van der Waals surface area contributed by atoms with E-state index < -0.39 is 5.97 Å². The maximum atomic E-state index is 11.6. The van der Waals surface area contributed by atoms with Gasteiger partial charge in [0.15, 0.2) is 0 Å². The monoisotopic (exact) mass is 764 g/mol. The second-order valence-electron chi connectivity index (χ2n) is 14.7. The number of carbonyl (C=O) groups excluding carboxylic acids is 1. The van der Waals surface area contributed by atoms with Crippen LogP contribution in [-0.4, -0.2) is 73.1 Å². The van der Waals surface area contributed by atoms with E-state index in [2.05, 4.69) is 44.9 Å². The molecule has 296 valence electrons. The van der Waals surface area contributed by atoms with E-state index >= 15 is 0 Å². The zero-order chi connectivity index (χ0) is 38.7. The third-order valence-electron chi connectivity index (χ3n) is 10.6. The zero-order valence-corrected chi connectivity index (χ0v) is 32.0. The molecule has 4 aromatic rings. The summed E-state index contributed by atoms with van der Waals surface area (Å²) in [5, 5.41) is 15.5. The molecule has 3 N–H and O–H groups in total. The van der Waals surface area contributed by atoms with Crippen molar-refractivity contribution < 1.29 is 38.4 Å². The van der Waals surface area contributed by atoms with Gasteiger partial charge in [-0.1, -0.05) is 36.4 Å². The van der Waals surface area contributed by atoms with Crippen molar-refractivity contribution in [2.24, 2.45) is 11.8 Å². The van der Waals surface area contributed by atoms with E-state index in [1.807, 2.05) is 55.5 Å². The quantitative estimate of drug-likeness (QED) is 0.108. The lowest BCUT2D eigenvalue weighted by Gasteiger charge is -2.10. The van der Waals surface area contributed by atoms with Crippen LogP contribution in [0.3, 0.4) is 0 Å². The van der Waals surface area contributed by atoms with E-state index in [0.29, 0.717) is 70.4 Å². The highest BCUT2D eigenvalue weighted by molar-refractivity contribution is 5.70. The lowest BCUT2D eigenvalue weighted by molar-refractivity contribution is -0.143. The number of nitrogens with one attached hydrogen (secondary N) is 2. The molecule has 8 rings (SSSR count). The van der Waals surface area contributed by atoms with Crippen molar-refractivity contribution in [2.75, 3.05) is 56.8 Å². The van der Waals surface area contributed by atoms with Gasteiger partial charge in [-0.15, -0.1) is 0 Å². The van der Waals surface area contributed by atoms with Crippen LogP contribution >= 0.6 is 0 Å². The van der Waals surface area contributed by atoms with Crippen molar-refractivity contribution in [3.63, 3.8) is 0 Å². The number of aromatic nitrogens is 2. The molecule has 12 nitrogen and oxygen atoms in total. The lowest BCUT2D eigenvalue weighted by atomic mass is 10.1. The number of benzene rings is 2. The van der Waals surface area contributed by atoms with Crippen LogP contribution < -0.4 is 20.1 Å². The molecule has 2 fully saturated rings. The minimum Gasteiger partial charge on any atom is -0.493 e. The second-order valence-corrected chi connectivity index (χ2v) is 14.7. The van der Waals surface area contributed by atoms with Crippen molar-refractivity contribution in [3.8, 4) is 11.5 Å². The zero-order valence-electron chi connectivity index (χ0n) is 32.0. The summed E-state index contributed by atoms with van der Waals surface area (Å²) in [6, 6.07) is 24.5. The van der Waals surface area contributed by atoms with Gasteiger partial charge in [-0.3, -0.25) is 9.59 Å². The fourth-order valence-corrected chi connectivity index (χ4v) is 7.31. The molecule has 0 saturated heterocycles. The Morgan fingerprint density at radius 2 is 1.18 bits per heavy atom. The van der Waals surface area contributed by atoms with Gasteiger partial charge in [-0.2, -0.15) is 0 Å². The Morgan fingerprint density at radius 1 is 0.696 bits per heavy atom. The van der Waals surface area contributed by atoms with Crippen LogP contribution in [-0.2, 0) is 49.9 Å². The summed E-state index contributed by atoms with van der Waals surface area (Å²) in [7, 11) is 0. The predicted octanol–water partition coefficient (Wildman–Crippen LogP) is 6.93. The Hall–Kier alpha value is -5.20. The molecule has 0 radical (unpaired) electrons. The van der Waals surface area contributed by atoms with Crippen LogP contribution in [0, 0.1) is 11.8 Å². The molecule has 12 heteroatoms. The molecule has 2 saturated carbocycles. The van der Waals surface area contributed by atoms with Gasteiger partial charge in [0, 0.05) is 61.3 Å². The second kappa shape index (κ2) is 19.1. The van der Waals surface area contributed by atoms with E-state index in [-0.39, 0.29) is 18.3 Å². The van der Waals surface area contributed by atoms with Crippen LogP contribution in [0.1, 0.15) is 78.1 Å². The number of aliphatic carboxylic acids is 1. The lowest BCUT2D eigenvalue weighted by Crippen LogP contribution is -2.08. The first-order valence-corrected chi connectivity index (χ1v) is 19.9. The van der Waals surface area contributed by atoms with Crippen LogP contribution in [0.4, 0.5) is 11.6 Å². The topological polar surface area (TPSA) is 150 Å². The van der Waals surface area contributed by atoms with Gasteiger partial charge >= 0.3 is 11.9 Å². The number of esters is 1. The Labute approximate surface area is 328 Å². The first kappa shape index (κ1) is 39.1. The summed E-state index contributed by atoms with van der Waals surface area (Å²) in [6.07, 6.45) is 4.30. The summed E-state index contributed by atoms with van der Waals surface area (Å²) >= 11 is 0. The highest BCUT2D eigenvalue weighted by Crippen LogP contribution is 2.50. The fourth-order valence-electron chi connectivity index (χ4n) is 7.31. The van der Waals surface area contributed by atoms with Crippen molar-refractivity contribution >= 4 is 23.6 Å². The fraction of sp³-hybridized carbons (Fsp3) is 0.455. The first-order chi connectivity index (χ1) is 27.4. The number of fused-ring (bicyclic) bond motifs is 2. The molecule has 0 spiro atoms. The standard InChI is InChI=1S/C23H28N2O4.C21H24N2O4/c1-2-28-22(26)14-18-13-21(18)16-4-7-20(8-5-16)29-11-9-19-6-3-17-15-27-12-10-24-23(17)25-19;24-20(25)12-16-11-19(16)14-2-5-18(6-3-14)27-9-7-17-4-1-15-13-26-10-8-22-21(15)23-17/h3-8,18,21H,2,9-15H2,1H3,(H,24,25);1-6,16,19H,7-13H2,(H,22,23)(H,24,25). The molecular formula is C44H52N4O8. The summed E-state index contributed by atoms with van der Waals surface area (Å²) < 4.78 is 27.8. The predicted molar refractivity (Wildman–Crippen MR) is 211 cm³/mol. The number of hydrogen-bond donors (Lipinski definition) is 3. The number of nitrogens with zero attached hydrogens (tertiary/aromatic N) is 2. The first-order valence-electron chi connectivity index (χ1n) is 19.9. The van der Waals surface area contributed by atoms with Gasteiger partial charge in [-0.05, 0) is 91.0 Å². The number of pyridine rings is 2. The number of hydrogen-bond acceptors (Lipinski definition) is 11. The molecular weight excluding hydrogens is 713 g/mol. The highest BCUT2D eigenvalue weighted by Gasteiger charge is 2.40. The Kier molecular flexibility index (Phi) is 13.3. The highest BCUT2D eigenvalue weighted by atomic mass is 16.5. The molecule has 4 heterocycles. The molecule has 2 aromatic carbocycles. The average Bonchev–Trinajstić information content (AvgIpc) is 4.13. The maximum absolute atomic E-state index is 11.6. The Morgan fingerprint density at radius 3 is 1.64 bits per heavy atom. The summed E-state index contributed by atoms with van der Waals surface area (Å²) in [4.78, 5) is 31.7. The molecule has 2 aliphatic heterocycles. The summed E-state index contributed by atoms with van der Waals surface area (Å²) in [5.74, 6) is 4.27. The van der Waals surface area contributed by atoms with E-state index in [1.165, 1.54) is 11.1 Å². The molecule has 2 aromatic heterocycles. The molecule has 4 unspecified atom stereocenters. The van der Waals surface area contributed by atoms with Gasteiger partial charge in [-0.25, -0.2) is 9.97 Å². The number of carboxylic acid groups (broad SMARTS) is 1. The third-order valence-corrected chi connectivity index (χ3v) is 10.6. The molecule has 2 aliphatic carbocycles. The maximum Gasteiger partial charge on any atom is 0.306 e. The van der Waals surface area contributed by atoms with E-state index in [1.54, 1.807) is 0 Å². The number of rotatable bonds is 15. The van der Waals surface area contributed by atoms with E-state index in [4.69, 9.17) is 28.8 Å². The van der Waals surface area contributed by atoms with Crippen LogP contribution in [0.5, 0.6) is 11.5 Å². The summed E-state index contributed by atoms with van der Waals surface area (Å²) in [6.45, 7) is 7.62. The van der Waals surface area contributed by atoms with Gasteiger partial charge < -0.3 is 39.4 Å². The van der Waals surface area contributed by atoms with Crippen molar-refractivity contribution in [2.45, 2.75) is 70.5 Å². The van der Waals surface area contributed by atoms with Gasteiger partial charge in [0.1, 0.15) is 23.1 Å². The minimum absolute atomic E-state index is 0.0888. The van der Waals surface area contributed by atoms with Crippen LogP contribution in [0.2, 0.25) is 0 Å². The van der Waals surface area contributed by atoms with E-state index in [9.17, 15) is 9.59 Å². The third kappa shape index (κ3) is 11.2. The van der Waals surface area contributed by atoms with Crippen molar-refractivity contribution in [1.82, 2.24) is 9.97 Å². The average molecular weight is 765 g/mol.